The SMILES string of the molecule is Cc1nc2ccc(C(=O)NC(C)Cc3cccs3)cc2s1. The van der Waals surface area contributed by atoms with Crippen molar-refractivity contribution in [2.24, 2.45) is 0 Å². The lowest BCUT2D eigenvalue weighted by molar-refractivity contribution is 0.0940. The molecule has 0 spiro atoms. The number of amides is 1. The fraction of sp³-hybridized carbons (Fsp3) is 0.250. The third-order valence-electron chi connectivity index (χ3n) is 3.22. The number of nitrogens with zero attached hydrogens (tertiary/aromatic N) is 1. The van der Waals surface area contributed by atoms with E-state index in [0.717, 1.165) is 21.6 Å². The Bertz CT molecular complexity index is 762. The molecule has 2 heterocycles. The Hall–Kier alpha value is -1.72. The van der Waals surface area contributed by atoms with E-state index in [4.69, 9.17) is 0 Å². The fourth-order valence-corrected chi connectivity index (χ4v) is 3.97. The van der Waals surface area contributed by atoms with Crippen LogP contribution in [0.15, 0.2) is 35.7 Å². The summed E-state index contributed by atoms with van der Waals surface area (Å²) in [7, 11) is 0. The molecule has 2 aromatic heterocycles. The van der Waals surface area contributed by atoms with Gasteiger partial charge in [-0.3, -0.25) is 4.79 Å². The van der Waals surface area contributed by atoms with Crippen LogP contribution in [0.3, 0.4) is 0 Å². The maximum absolute atomic E-state index is 12.3. The molecule has 1 unspecified atom stereocenters. The number of carbonyl (C=O) groups is 1. The van der Waals surface area contributed by atoms with Crippen molar-refractivity contribution in [2.75, 3.05) is 0 Å². The average molecular weight is 316 g/mol. The molecular formula is C16H16N2OS2. The van der Waals surface area contributed by atoms with E-state index in [0.29, 0.717) is 5.56 Å². The van der Waals surface area contributed by atoms with Crippen molar-refractivity contribution in [1.82, 2.24) is 10.3 Å². The molecule has 0 aliphatic heterocycles. The third kappa shape index (κ3) is 3.31. The molecule has 108 valence electrons. The first kappa shape index (κ1) is 14.2. The van der Waals surface area contributed by atoms with Gasteiger partial charge >= 0.3 is 0 Å². The van der Waals surface area contributed by atoms with Crippen LogP contribution in [0.5, 0.6) is 0 Å². The van der Waals surface area contributed by atoms with Crippen LogP contribution < -0.4 is 5.32 Å². The quantitative estimate of drug-likeness (QED) is 0.789. The summed E-state index contributed by atoms with van der Waals surface area (Å²) in [6.07, 6.45) is 0.866. The average Bonchev–Trinajstić information content (AvgIpc) is 3.05. The van der Waals surface area contributed by atoms with Gasteiger partial charge < -0.3 is 5.32 Å². The van der Waals surface area contributed by atoms with Gasteiger partial charge in [0.25, 0.3) is 5.91 Å². The summed E-state index contributed by atoms with van der Waals surface area (Å²) in [4.78, 5) is 18.0. The Balaban J connectivity index is 1.71. The molecule has 3 nitrogen and oxygen atoms in total. The summed E-state index contributed by atoms with van der Waals surface area (Å²) in [5.41, 5.74) is 1.66. The van der Waals surface area contributed by atoms with Gasteiger partial charge in [-0.2, -0.15) is 0 Å². The van der Waals surface area contributed by atoms with E-state index in [2.05, 4.69) is 21.7 Å². The Morgan fingerprint density at radius 1 is 1.38 bits per heavy atom. The Morgan fingerprint density at radius 3 is 3.00 bits per heavy atom. The van der Waals surface area contributed by atoms with E-state index in [1.165, 1.54) is 4.88 Å². The number of carbonyl (C=O) groups excluding carboxylic acids is 1. The van der Waals surface area contributed by atoms with Crippen molar-refractivity contribution in [1.29, 1.82) is 0 Å². The van der Waals surface area contributed by atoms with Crippen LogP contribution in [-0.4, -0.2) is 16.9 Å². The molecule has 3 aromatic rings. The van der Waals surface area contributed by atoms with E-state index < -0.39 is 0 Å². The molecule has 1 atom stereocenters. The van der Waals surface area contributed by atoms with Gasteiger partial charge in [0, 0.05) is 22.9 Å². The highest BCUT2D eigenvalue weighted by atomic mass is 32.1. The van der Waals surface area contributed by atoms with Crippen LogP contribution >= 0.6 is 22.7 Å². The summed E-state index contributed by atoms with van der Waals surface area (Å²) < 4.78 is 1.06. The largest absolute Gasteiger partial charge is 0.349 e. The number of fused-ring (bicyclic) bond motifs is 1. The Kier molecular flexibility index (Phi) is 4.03. The summed E-state index contributed by atoms with van der Waals surface area (Å²) >= 11 is 3.34. The van der Waals surface area contributed by atoms with Gasteiger partial charge in [-0.25, -0.2) is 4.98 Å². The minimum Gasteiger partial charge on any atom is -0.349 e. The summed E-state index contributed by atoms with van der Waals surface area (Å²) in [6.45, 7) is 4.01. The molecule has 0 saturated heterocycles. The van der Waals surface area contributed by atoms with E-state index in [1.54, 1.807) is 22.7 Å². The molecular weight excluding hydrogens is 300 g/mol. The van der Waals surface area contributed by atoms with Crippen LogP contribution in [0.25, 0.3) is 10.2 Å². The van der Waals surface area contributed by atoms with Gasteiger partial charge in [-0.1, -0.05) is 6.07 Å². The topological polar surface area (TPSA) is 42.0 Å². The molecule has 0 fully saturated rings. The van der Waals surface area contributed by atoms with Crippen molar-refractivity contribution in [3.05, 3.63) is 51.2 Å². The van der Waals surface area contributed by atoms with Crippen molar-refractivity contribution >= 4 is 38.8 Å². The first-order valence-electron chi connectivity index (χ1n) is 6.82. The molecule has 5 heteroatoms. The minimum atomic E-state index is -0.0213. The predicted molar refractivity (Wildman–Crippen MR) is 89.3 cm³/mol. The van der Waals surface area contributed by atoms with Crippen molar-refractivity contribution < 1.29 is 4.79 Å². The van der Waals surface area contributed by atoms with Crippen molar-refractivity contribution in [3.8, 4) is 0 Å². The first-order valence-corrected chi connectivity index (χ1v) is 8.52. The zero-order valence-electron chi connectivity index (χ0n) is 11.9. The molecule has 0 aliphatic carbocycles. The van der Waals surface area contributed by atoms with E-state index in [-0.39, 0.29) is 11.9 Å². The highest BCUT2D eigenvalue weighted by Crippen LogP contribution is 2.22. The van der Waals surface area contributed by atoms with Crippen LogP contribution in [0.4, 0.5) is 0 Å². The lowest BCUT2D eigenvalue weighted by Gasteiger charge is -2.13. The monoisotopic (exact) mass is 316 g/mol. The third-order valence-corrected chi connectivity index (χ3v) is 5.05. The second-order valence-electron chi connectivity index (χ2n) is 5.07. The van der Waals surface area contributed by atoms with Crippen LogP contribution in [0.2, 0.25) is 0 Å². The van der Waals surface area contributed by atoms with Gasteiger partial charge in [-0.15, -0.1) is 22.7 Å². The molecule has 0 radical (unpaired) electrons. The number of thiazole rings is 1. The Labute approximate surface area is 131 Å². The number of hydrogen-bond acceptors (Lipinski definition) is 4. The van der Waals surface area contributed by atoms with E-state index in [9.17, 15) is 4.79 Å². The standard InChI is InChI=1S/C16H16N2OS2/c1-10(8-13-4-3-7-20-13)17-16(19)12-5-6-14-15(9-12)21-11(2)18-14/h3-7,9-10H,8H2,1-2H3,(H,17,19). The maximum atomic E-state index is 12.3. The highest BCUT2D eigenvalue weighted by Gasteiger charge is 2.12. The van der Waals surface area contributed by atoms with Gasteiger partial charge in [-0.05, 0) is 43.5 Å². The number of hydrogen-bond donors (Lipinski definition) is 1. The van der Waals surface area contributed by atoms with Crippen LogP contribution in [-0.2, 0) is 6.42 Å². The molecule has 0 aliphatic rings. The zero-order valence-corrected chi connectivity index (χ0v) is 13.6. The van der Waals surface area contributed by atoms with Crippen molar-refractivity contribution in [3.63, 3.8) is 0 Å². The summed E-state index contributed by atoms with van der Waals surface area (Å²) in [5.74, 6) is -0.0213. The van der Waals surface area contributed by atoms with E-state index >= 15 is 0 Å². The normalized spacial score (nSPS) is 12.5. The lowest BCUT2D eigenvalue weighted by atomic mass is 10.1. The molecule has 0 saturated carbocycles. The van der Waals surface area contributed by atoms with E-state index in [1.807, 2.05) is 38.1 Å². The Morgan fingerprint density at radius 2 is 2.24 bits per heavy atom. The second kappa shape index (κ2) is 5.95. The highest BCUT2D eigenvalue weighted by molar-refractivity contribution is 7.18. The number of nitrogens with one attached hydrogen (secondary N) is 1. The van der Waals surface area contributed by atoms with Crippen LogP contribution in [0, 0.1) is 6.92 Å². The molecule has 1 aromatic carbocycles. The summed E-state index contributed by atoms with van der Waals surface area (Å²) in [5, 5.41) is 6.14. The van der Waals surface area contributed by atoms with Gasteiger partial charge in [0.2, 0.25) is 0 Å². The lowest BCUT2D eigenvalue weighted by Crippen LogP contribution is -2.33. The molecule has 1 N–H and O–H groups in total. The van der Waals surface area contributed by atoms with Gasteiger partial charge in [0.1, 0.15) is 0 Å². The predicted octanol–water partition coefficient (Wildman–Crippen LogP) is 4.03. The number of rotatable bonds is 4. The number of aromatic nitrogens is 1. The van der Waals surface area contributed by atoms with Gasteiger partial charge in [0.15, 0.2) is 0 Å². The smallest absolute Gasteiger partial charge is 0.251 e. The van der Waals surface area contributed by atoms with Crippen molar-refractivity contribution in [2.45, 2.75) is 26.3 Å². The first-order chi connectivity index (χ1) is 10.1. The molecule has 1 amide bonds. The van der Waals surface area contributed by atoms with Gasteiger partial charge in [0.05, 0.1) is 15.2 Å². The second-order valence-corrected chi connectivity index (χ2v) is 7.34. The number of thiophene rings is 1. The van der Waals surface area contributed by atoms with Crippen LogP contribution in [0.1, 0.15) is 27.2 Å². The number of aryl methyl sites for hydroxylation is 1. The maximum Gasteiger partial charge on any atom is 0.251 e. The molecule has 21 heavy (non-hydrogen) atoms. The fourth-order valence-electron chi connectivity index (χ4n) is 2.27. The molecule has 3 rings (SSSR count). The number of benzene rings is 1. The molecule has 0 bridgehead atoms. The summed E-state index contributed by atoms with van der Waals surface area (Å²) in [6, 6.07) is 9.93. The zero-order chi connectivity index (χ0) is 14.8. The minimum absolute atomic E-state index is 0.0213.